The van der Waals surface area contributed by atoms with Gasteiger partial charge in [-0.1, -0.05) is 54.0 Å². The maximum atomic E-state index is 13.8. The Balaban J connectivity index is 1.91. The lowest BCUT2D eigenvalue weighted by Gasteiger charge is -2.49. The number of Topliss-reactive ketones (excluding diaryl/α,β-unsaturated/α-hetero) is 2. The maximum Gasteiger partial charge on any atom is 0.162 e. The number of hydrogen-bond donors (Lipinski definition) is 0. The van der Waals surface area contributed by atoms with Crippen LogP contribution >= 0.6 is 0 Å². The minimum Gasteiger partial charge on any atom is -0.493 e. The van der Waals surface area contributed by atoms with Crippen LogP contribution in [0.25, 0.3) is 0 Å². The normalized spacial score (nSPS) is 21.5. The van der Waals surface area contributed by atoms with E-state index in [1.54, 1.807) is 7.11 Å². The second-order valence-electron chi connectivity index (χ2n) is 12.3. The van der Waals surface area contributed by atoms with Crippen molar-refractivity contribution in [2.75, 3.05) is 20.3 Å². The molecule has 5 heteroatoms. The molecule has 0 fully saturated rings. The Hall–Kier alpha value is -2.56. The Kier molecular flexibility index (Phi) is 7.41. The van der Waals surface area contributed by atoms with Crippen LogP contribution in [0, 0.1) is 10.8 Å². The van der Waals surface area contributed by atoms with Gasteiger partial charge in [0.15, 0.2) is 23.1 Å². The number of benzene rings is 1. The quantitative estimate of drug-likeness (QED) is 0.366. The molecule has 0 saturated heterocycles. The molecule has 0 amide bonds. The van der Waals surface area contributed by atoms with E-state index >= 15 is 0 Å². The highest BCUT2D eigenvalue weighted by atomic mass is 16.5. The Morgan fingerprint density at radius 2 is 1.44 bits per heavy atom. The van der Waals surface area contributed by atoms with Gasteiger partial charge in [0.25, 0.3) is 0 Å². The van der Waals surface area contributed by atoms with Gasteiger partial charge in [-0.25, -0.2) is 0 Å². The van der Waals surface area contributed by atoms with Crippen molar-refractivity contribution in [3.05, 3.63) is 46.3 Å². The summed E-state index contributed by atoms with van der Waals surface area (Å²) < 4.78 is 11.7. The molecule has 1 aliphatic heterocycles. The fourth-order valence-corrected chi connectivity index (χ4v) is 6.18. The van der Waals surface area contributed by atoms with Gasteiger partial charge in [0, 0.05) is 47.8 Å². The lowest BCUT2D eigenvalue weighted by molar-refractivity contribution is -0.119. The van der Waals surface area contributed by atoms with Crippen LogP contribution in [0.15, 0.2) is 40.7 Å². The minimum atomic E-state index is -0.353. The monoisotopic (exact) mass is 493 g/mol. The Bertz CT molecular complexity index is 1050. The van der Waals surface area contributed by atoms with Gasteiger partial charge >= 0.3 is 0 Å². The van der Waals surface area contributed by atoms with Gasteiger partial charge in [-0.05, 0) is 54.2 Å². The van der Waals surface area contributed by atoms with E-state index in [0.717, 1.165) is 66.8 Å². The number of unbranched alkanes of at least 4 members (excludes halogenated alkanes) is 1. The highest BCUT2D eigenvalue weighted by molar-refractivity contribution is 6.06. The van der Waals surface area contributed by atoms with Crippen molar-refractivity contribution in [2.45, 2.75) is 92.4 Å². The van der Waals surface area contributed by atoms with E-state index in [9.17, 15) is 9.59 Å². The summed E-state index contributed by atoms with van der Waals surface area (Å²) in [4.78, 5) is 30.0. The molecule has 1 aromatic rings. The molecule has 2 aliphatic carbocycles. The molecular weight excluding hydrogens is 450 g/mol. The number of ether oxygens (including phenoxy) is 2. The first-order chi connectivity index (χ1) is 17.0. The van der Waals surface area contributed by atoms with E-state index in [0.29, 0.717) is 30.9 Å². The lowest BCUT2D eigenvalue weighted by Crippen LogP contribution is -2.44. The second-order valence-corrected chi connectivity index (χ2v) is 12.3. The van der Waals surface area contributed by atoms with Crippen LogP contribution in [0.1, 0.15) is 98.0 Å². The third-order valence-electron chi connectivity index (χ3n) is 7.75. The van der Waals surface area contributed by atoms with E-state index in [4.69, 9.17) is 9.47 Å². The van der Waals surface area contributed by atoms with E-state index in [-0.39, 0.29) is 28.3 Å². The van der Waals surface area contributed by atoms with Crippen molar-refractivity contribution < 1.29 is 19.1 Å². The number of ketones is 2. The van der Waals surface area contributed by atoms with Gasteiger partial charge in [0.1, 0.15) is 0 Å². The lowest BCUT2D eigenvalue weighted by atomic mass is 9.63. The van der Waals surface area contributed by atoms with Crippen molar-refractivity contribution >= 4 is 11.6 Å². The SMILES string of the molecule is CCCCOc1ccc(C2C3=C(CC(C)(C)CC3=O)N(CCC)C3=C2C(=O)CC(C)(C)C3)cc1OC. The molecule has 3 aliphatic rings. The number of allylic oxidation sites excluding steroid dienone is 4. The summed E-state index contributed by atoms with van der Waals surface area (Å²) >= 11 is 0. The Morgan fingerprint density at radius 3 is 1.94 bits per heavy atom. The Labute approximate surface area is 216 Å². The molecule has 0 atom stereocenters. The van der Waals surface area contributed by atoms with Crippen LogP contribution < -0.4 is 9.47 Å². The molecule has 0 bridgehead atoms. The zero-order chi connectivity index (χ0) is 26.3. The first kappa shape index (κ1) is 26.5. The van der Waals surface area contributed by atoms with Gasteiger partial charge in [-0.3, -0.25) is 9.59 Å². The smallest absolute Gasteiger partial charge is 0.162 e. The van der Waals surface area contributed by atoms with E-state index in [1.807, 2.05) is 18.2 Å². The summed E-state index contributed by atoms with van der Waals surface area (Å²) in [5.74, 6) is 1.33. The molecule has 5 nitrogen and oxygen atoms in total. The molecule has 4 rings (SSSR count). The third-order valence-corrected chi connectivity index (χ3v) is 7.75. The van der Waals surface area contributed by atoms with Gasteiger partial charge in [0.2, 0.25) is 0 Å². The van der Waals surface area contributed by atoms with Crippen LogP contribution in [-0.2, 0) is 9.59 Å². The predicted octanol–water partition coefficient (Wildman–Crippen LogP) is 6.97. The molecule has 0 saturated carbocycles. The summed E-state index contributed by atoms with van der Waals surface area (Å²) in [5.41, 5.74) is 4.60. The summed E-state index contributed by atoms with van der Waals surface area (Å²) in [5, 5.41) is 0. The topological polar surface area (TPSA) is 55.8 Å². The number of hydrogen-bond acceptors (Lipinski definition) is 5. The summed E-state index contributed by atoms with van der Waals surface area (Å²) in [6.07, 6.45) is 5.67. The molecule has 0 N–H and O–H groups in total. The summed E-state index contributed by atoms with van der Waals surface area (Å²) in [6, 6.07) is 5.95. The predicted molar refractivity (Wildman–Crippen MR) is 143 cm³/mol. The molecule has 1 heterocycles. The number of carbonyl (C=O) groups is 2. The molecule has 0 aromatic heterocycles. The fraction of sp³-hybridized carbons (Fsp3) is 0.613. The first-order valence-electron chi connectivity index (χ1n) is 13.6. The molecular formula is C31H43NO4. The molecule has 196 valence electrons. The highest BCUT2D eigenvalue weighted by Crippen LogP contribution is 2.54. The van der Waals surface area contributed by atoms with Crippen molar-refractivity contribution in [1.29, 1.82) is 0 Å². The van der Waals surface area contributed by atoms with Crippen LogP contribution in [0.2, 0.25) is 0 Å². The Morgan fingerprint density at radius 1 is 0.861 bits per heavy atom. The number of rotatable bonds is 8. The van der Waals surface area contributed by atoms with Gasteiger partial charge in [-0.2, -0.15) is 0 Å². The van der Waals surface area contributed by atoms with E-state index in [2.05, 4.69) is 46.4 Å². The van der Waals surface area contributed by atoms with E-state index in [1.165, 1.54) is 0 Å². The van der Waals surface area contributed by atoms with Crippen molar-refractivity contribution in [2.24, 2.45) is 10.8 Å². The van der Waals surface area contributed by atoms with Crippen LogP contribution in [0.4, 0.5) is 0 Å². The molecule has 36 heavy (non-hydrogen) atoms. The van der Waals surface area contributed by atoms with Crippen molar-refractivity contribution in [3.8, 4) is 11.5 Å². The molecule has 0 radical (unpaired) electrons. The van der Waals surface area contributed by atoms with Gasteiger partial charge in [0.05, 0.1) is 13.7 Å². The maximum absolute atomic E-state index is 13.8. The van der Waals surface area contributed by atoms with Gasteiger partial charge < -0.3 is 14.4 Å². The molecule has 0 spiro atoms. The van der Waals surface area contributed by atoms with Crippen LogP contribution in [0.3, 0.4) is 0 Å². The molecule has 0 unspecified atom stereocenters. The van der Waals surface area contributed by atoms with Crippen LogP contribution in [0.5, 0.6) is 11.5 Å². The standard InChI is InChI=1S/C31H43NO4/c1-8-10-14-36-25-12-11-20(15-26(25)35-7)27-28-21(16-30(3,4)18-23(28)33)32(13-9-2)22-17-31(5,6)19-24(34)29(22)27/h11-12,15,27H,8-10,13-14,16-19H2,1-7H3. The zero-order valence-corrected chi connectivity index (χ0v) is 23.3. The number of nitrogens with zero attached hydrogens (tertiary/aromatic N) is 1. The summed E-state index contributed by atoms with van der Waals surface area (Å²) in [7, 11) is 1.65. The average Bonchev–Trinajstić information content (AvgIpc) is 2.78. The molecule has 1 aromatic carbocycles. The van der Waals surface area contributed by atoms with Crippen molar-refractivity contribution in [3.63, 3.8) is 0 Å². The third kappa shape index (κ3) is 4.99. The highest BCUT2D eigenvalue weighted by Gasteiger charge is 2.48. The van der Waals surface area contributed by atoms with Crippen molar-refractivity contribution in [1.82, 2.24) is 4.90 Å². The van der Waals surface area contributed by atoms with E-state index < -0.39 is 0 Å². The second kappa shape index (κ2) is 10.1. The number of methoxy groups -OCH3 is 1. The minimum absolute atomic E-state index is 0.104. The largest absolute Gasteiger partial charge is 0.493 e. The van der Waals surface area contributed by atoms with Gasteiger partial charge in [-0.15, -0.1) is 0 Å². The van der Waals surface area contributed by atoms with Crippen LogP contribution in [-0.4, -0.2) is 36.7 Å². The number of carbonyl (C=O) groups excluding carboxylic acids is 2. The summed E-state index contributed by atoms with van der Waals surface area (Å²) in [6.45, 7) is 14.5. The zero-order valence-electron chi connectivity index (χ0n) is 23.3. The first-order valence-corrected chi connectivity index (χ1v) is 13.6. The average molecular weight is 494 g/mol. The fourth-order valence-electron chi connectivity index (χ4n) is 6.18.